The Morgan fingerprint density at radius 3 is 2.67 bits per heavy atom. The second-order valence-electron chi connectivity index (χ2n) is 4.82. The Kier molecular flexibility index (Phi) is 4.68. The van der Waals surface area contributed by atoms with Gasteiger partial charge in [-0.15, -0.1) is 0 Å². The maximum atomic E-state index is 5.39. The molecular weight excluding hydrogens is 222 g/mol. The molecule has 0 N–H and O–H groups in total. The number of unbranched alkanes of at least 4 members (excludes halogenated alkanes) is 4. The molecule has 0 unspecified atom stereocenters. The summed E-state index contributed by atoms with van der Waals surface area (Å²) in [5.41, 5.74) is 1.28. The minimum absolute atomic E-state index is 0.970. The van der Waals surface area contributed by atoms with E-state index in [1.54, 1.807) is 7.11 Å². The molecule has 18 heavy (non-hydrogen) atoms. The van der Waals surface area contributed by atoms with Gasteiger partial charge in [0.25, 0.3) is 0 Å². The van der Waals surface area contributed by atoms with E-state index >= 15 is 0 Å². The number of rotatable bonds is 7. The van der Waals surface area contributed by atoms with Crippen LogP contribution in [0.3, 0.4) is 0 Å². The number of aryl methyl sites for hydroxylation is 1. The number of nitrogens with zero attached hydrogens (tertiary/aromatic N) is 1. The molecule has 2 rings (SSSR count). The minimum Gasteiger partial charge on any atom is -0.496 e. The second kappa shape index (κ2) is 6.48. The number of hydrogen-bond acceptors (Lipinski definition) is 1. The largest absolute Gasteiger partial charge is 0.496 e. The minimum atomic E-state index is 0.970. The van der Waals surface area contributed by atoms with Crippen LogP contribution in [-0.4, -0.2) is 11.7 Å². The van der Waals surface area contributed by atoms with Crippen LogP contribution in [0.2, 0.25) is 0 Å². The third-order valence-corrected chi connectivity index (χ3v) is 3.50. The van der Waals surface area contributed by atoms with Crippen molar-refractivity contribution in [2.45, 2.75) is 45.6 Å². The first-order valence-corrected chi connectivity index (χ1v) is 6.98. The average Bonchev–Trinajstić information content (AvgIpc) is 2.82. The molecule has 0 radical (unpaired) electrons. The van der Waals surface area contributed by atoms with E-state index in [0.717, 1.165) is 12.3 Å². The van der Waals surface area contributed by atoms with Crippen molar-refractivity contribution in [3.8, 4) is 5.75 Å². The molecule has 2 aromatic rings. The molecule has 0 amide bonds. The smallest absolute Gasteiger partial charge is 0.128 e. The lowest BCUT2D eigenvalue weighted by Crippen LogP contribution is -1.96. The molecule has 2 heteroatoms. The van der Waals surface area contributed by atoms with Crippen molar-refractivity contribution >= 4 is 10.9 Å². The highest BCUT2D eigenvalue weighted by Crippen LogP contribution is 2.26. The molecule has 2 nitrogen and oxygen atoms in total. The number of methoxy groups -OCH3 is 1. The Hall–Kier alpha value is -1.44. The van der Waals surface area contributed by atoms with Gasteiger partial charge in [-0.05, 0) is 24.6 Å². The van der Waals surface area contributed by atoms with Crippen molar-refractivity contribution in [2.24, 2.45) is 0 Å². The maximum Gasteiger partial charge on any atom is 0.128 e. The molecule has 98 valence electrons. The highest BCUT2D eigenvalue weighted by atomic mass is 16.5. The fraction of sp³-hybridized carbons (Fsp3) is 0.500. The van der Waals surface area contributed by atoms with Gasteiger partial charge in [0, 0.05) is 18.1 Å². The monoisotopic (exact) mass is 245 g/mol. The van der Waals surface area contributed by atoms with E-state index in [-0.39, 0.29) is 0 Å². The standard InChI is InChI=1S/C16H23NO/c1-3-4-5-6-7-12-17-13-11-14-15(17)9-8-10-16(14)18-2/h8-11,13H,3-7,12H2,1-2H3. The van der Waals surface area contributed by atoms with Crippen LogP contribution in [0, 0.1) is 0 Å². The van der Waals surface area contributed by atoms with Gasteiger partial charge >= 0.3 is 0 Å². The number of ether oxygens (including phenoxy) is 1. The van der Waals surface area contributed by atoms with E-state index in [9.17, 15) is 0 Å². The lowest BCUT2D eigenvalue weighted by atomic mass is 10.1. The van der Waals surface area contributed by atoms with Crippen LogP contribution < -0.4 is 4.74 Å². The molecule has 0 spiro atoms. The molecule has 1 heterocycles. The van der Waals surface area contributed by atoms with E-state index in [4.69, 9.17) is 4.74 Å². The van der Waals surface area contributed by atoms with Gasteiger partial charge in [-0.25, -0.2) is 0 Å². The summed E-state index contributed by atoms with van der Waals surface area (Å²) in [4.78, 5) is 0. The predicted molar refractivity (Wildman–Crippen MR) is 77.2 cm³/mol. The number of hydrogen-bond donors (Lipinski definition) is 0. The van der Waals surface area contributed by atoms with E-state index in [1.165, 1.54) is 43.0 Å². The van der Waals surface area contributed by atoms with E-state index in [0.29, 0.717) is 0 Å². The lowest BCUT2D eigenvalue weighted by molar-refractivity contribution is 0.420. The summed E-state index contributed by atoms with van der Waals surface area (Å²) in [5.74, 6) is 0.970. The zero-order chi connectivity index (χ0) is 12.8. The lowest BCUT2D eigenvalue weighted by Gasteiger charge is -2.06. The van der Waals surface area contributed by atoms with E-state index < -0.39 is 0 Å². The predicted octanol–water partition coefficient (Wildman–Crippen LogP) is 4.62. The maximum absolute atomic E-state index is 5.39. The summed E-state index contributed by atoms with van der Waals surface area (Å²) in [6.07, 6.45) is 8.80. The van der Waals surface area contributed by atoms with Crippen molar-refractivity contribution in [2.75, 3.05) is 7.11 Å². The van der Waals surface area contributed by atoms with Crippen LogP contribution in [0.4, 0.5) is 0 Å². The number of aromatic nitrogens is 1. The Bertz CT molecular complexity index is 487. The molecular formula is C16H23NO. The normalized spacial score (nSPS) is 11.0. The average molecular weight is 245 g/mol. The van der Waals surface area contributed by atoms with Gasteiger partial charge in [-0.3, -0.25) is 0 Å². The molecule has 0 saturated carbocycles. The summed E-state index contributed by atoms with van der Waals surface area (Å²) < 4.78 is 7.72. The van der Waals surface area contributed by atoms with Crippen LogP contribution in [0.25, 0.3) is 10.9 Å². The first-order valence-electron chi connectivity index (χ1n) is 6.98. The highest BCUT2D eigenvalue weighted by Gasteiger charge is 2.04. The fourth-order valence-electron chi connectivity index (χ4n) is 2.45. The molecule has 0 atom stereocenters. The first kappa shape index (κ1) is 13.0. The summed E-state index contributed by atoms with van der Waals surface area (Å²) in [7, 11) is 1.73. The molecule has 0 aliphatic carbocycles. The molecule has 0 aliphatic rings. The Morgan fingerprint density at radius 1 is 1.06 bits per heavy atom. The summed E-state index contributed by atoms with van der Waals surface area (Å²) in [6.45, 7) is 3.37. The molecule has 0 bridgehead atoms. The molecule has 0 fully saturated rings. The SMILES string of the molecule is CCCCCCCn1ccc2c(OC)cccc21. The van der Waals surface area contributed by atoms with Gasteiger partial charge < -0.3 is 9.30 Å². The summed E-state index contributed by atoms with van der Waals surface area (Å²) in [6, 6.07) is 8.41. The Labute approximate surface area is 110 Å². The van der Waals surface area contributed by atoms with E-state index in [1.807, 2.05) is 6.07 Å². The second-order valence-corrected chi connectivity index (χ2v) is 4.82. The van der Waals surface area contributed by atoms with Gasteiger partial charge in [0.05, 0.1) is 12.6 Å². The van der Waals surface area contributed by atoms with Crippen LogP contribution in [0.5, 0.6) is 5.75 Å². The van der Waals surface area contributed by atoms with Crippen LogP contribution in [0.15, 0.2) is 30.5 Å². The van der Waals surface area contributed by atoms with E-state index in [2.05, 4.69) is 35.9 Å². The van der Waals surface area contributed by atoms with Crippen molar-refractivity contribution in [3.05, 3.63) is 30.5 Å². The van der Waals surface area contributed by atoms with Gasteiger partial charge in [0.15, 0.2) is 0 Å². The van der Waals surface area contributed by atoms with Crippen LogP contribution in [-0.2, 0) is 6.54 Å². The molecule has 1 aromatic carbocycles. The number of benzene rings is 1. The third-order valence-electron chi connectivity index (χ3n) is 3.50. The quantitative estimate of drug-likeness (QED) is 0.649. The van der Waals surface area contributed by atoms with Crippen molar-refractivity contribution < 1.29 is 4.74 Å². The fourth-order valence-corrected chi connectivity index (χ4v) is 2.45. The zero-order valence-corrected chi connectivity index (χ0v) is 11.5. The Balaban J connectivity index is 2.01. The van der Waals surface area contributed by atoms with Gasteiger partial charge in [0.1, 0.15) is 5.75 Å². The van der Waals surface area contributed by atoms with Gasteiger partial charge in [-0.1, -0.05) is 38.7 Å². The first-order chi connectivity index (χ1) is 8.86. The topological polar surface area (TPSA) is 14.2 Å². The van der Waals surface area contributed by atoms with Crippen LogP contribution in [0.1, 0.15) is 39.0 Å². The summed E-state index contributed by atoms with van der Waals surface area (Å²) in [5, 5.41) is 1.22. The number of fused-ring (bicyclic) bond motifs is 1. The van der Waals surface area contributed by atoms with Crippen molar-refractivity contribution in [1.29, 1.82) is 0 Å². The highest BCUT2D eigenvalue weighted by molar-refractivity contribution is 5.86. The molecule has 0 aliphatic heterocycles. The zero-order valence-electron chi connectivity index (χ0n) is 11.5. The summed E-state index contributed by atoms with van der Waals surface area (Å²) >= 11 is 0. The van der Waals surface area contributed by atoms with Crippen molar-refractivity contribution in [3.63, 3.8) is 0 Å². The molecule has 1 aromatic heterocycles. The van der Waals surface area contributed by atoms with Crippen LogP contribution >= 0.6 is 0 Å². The third kappa shape index (κ3) is 2.87. The van der Waals surface area contributed by atoms with Gasteiger partial charge in [-0.2, -0.15) is 0 Å². The van der Waals surface area contributed by atoms with Gasteiger partial charge in [0.2, 0.25) is 0 Å². The Morgan fingerprint density at radius 2 is 1.89 bits per heavy atom. The molecule has 0 saturated heterocycles. The van der Waals surface area contributed by atoms with Crippen molar-refractivity contribution in [1.82, 2.24) is 4.57 Å².